The molecule has 1 aromatic rings. The first-order valence-corrected chi connectivity index (χ1v) is 9.52. The summed E-state index contributed by atoms with van der Waals surface area (Å²) in [5.74, 6) is -0.689. The summed E-state index contributed by atoms with van der Waals surface area (Å²) in [4.78, 5) is 0. The molecule has 0 amide bonds. The van der Waals surface area contributed by atoms with Gasteiger partial charge in [-0.15, -0.1) is 0 Å². The Bertz CT molecular complexity index is 563. The zero-order valence-corrected chi connectivity index (χ0v) is 15.4. The molecule has 8 heteroatoms. The predicted octanol–water partition coefficient (Wildman–Crippen LogP) is 2.25. The average molecular weight is 372 g/mol. The average Bonchev–Trinajstić information content (AvgIpc) is 3.29. The summed E-state index contributed by atoms with van der Waals surface area (Å²) in [6.07, 6.45) is -1.70. The van der Waals surface area contributed by atoms with Gasteiger partial charge in [0.05, 0.1) is 13.2 Å². The second-order valence-electron chi connectivity index (χ2n) is 6.73. The zero-order valence-electron chi connectivity index (χ0n) is 14.6. The molecule has 25 heavy (non-hydrogen) atoms. The largest absolute Gasteiger partial charge is 0.368 e. The van der Waals surface area contributed by atoms with Crippen molar-refractivity contribution in [3.05, 3.63) is 22.4 Å². The number of hydrogen-bond acceptors (Lipinski definition) is 8. The molecule has 3 aliphatic rings. The highest BCUT2D eigenvalue weighted by molar-refractivity contribution is 7.07. The van der Waals surface area contributed by atoms with Gasteiger partial charge >= 0.3 is 0 Å². The Morgan fingerprint density at radius 3 is 2.84 bits per heavy atom. The lowest BCUT2D eigenvalue weighted by molar-refractivity contribution is -0.259. The van der Waals surface area contributed by atoms with Gasteiger partial charge in [-0.2, -0.15) is 11.3 Å². The highest BCUT2D eigenvalue weighted by atomic mass is 32.1. The van der Waals surface area contributed by atoms with Crippen molar-refractivity contribution in [2.24, 2.45) is 0 Å². The van der Waals surface area contributed by atoms with Crippen LogP contribution in [0.2, 0.25) is 0 Å². The van der Waals surface area contributed by atoms with Gasteiger partial charge in [0.2, 0.25) is 0 Å². The van der Waals surface area contributed by atoms with Crippen molar-refractivity contribution in [1.82, 2.24) is 0 Å². The lowest BCUT2D eigenvalue weighted by Gasteiger charge is -2.28. The van der Waals surface area contributed by atoms with E-state index in [1.807, 2.05) is 32.2 Å². The van der Waals surface area contributed by atoms with E-state index in [4.69, 9.17) is 33.2 Å². The van der Waals surface area contributed by atoms with Gasteiger partial charge in [-0.1, -0.05) is 0 Å². The molecule has 4 rings (SSSR count). The first-order chi connectivity index (χ1) is 12.1. The van der Waals surface area contributed by atoms with Crippen LogP contribution in [-0.2, 0) is 39.8 Å². The third-order valence-electron chi connectivity index (χ3n) is 4.40. The molecule has 140 valence electrons. The minimum absolute atomic E-state index is 0.287. The Kier molecular flexibility index (Phi) is 5.13. The topological polar surface area (TPSA) is 64.6 Å². The van der Waals surface area contributed by atoms with E-state index in [0.29, 0.717) is 19.8 Å². The van der Waals surface area contributed by atoms with E-state index in [1.54, 1.807) is 11.3 Å². The molecule has 4 heterocycles. The van der Waals surface area contributed by atoms with Crippen LogP contribution in [-0.4, -0.2) is 56.2 Å². The Morgan fingerprint density at radius 2 is 2.08 bits per heavy atom. The summed E-state index contributed by atoms with van der Waals surface area (Å²) in [5, 5.41) is 4.10. The van der Waals surface area contributed by atoms with Crippen LogP contribution >= 0.6 is 11.3 Å². The van der Waals surface area contributed by atoms with Gasteiger partial charge in [0.1, 0.15) is 24.4 Å². The monoisotopic (exact) mass is 372 g/mol. The summed E-state index contributed by atoms with van der Waals surface area (Å²) in [7, 11) is 0. The zero-order chi connectivity index (χ0) is 17.4. The van der Waals surface area contributed by atoms with Crippen LogP contribution < -0.4 is 0 Å². The smallest absolute Gasteiger partial charge is 0.272 e. The van der Waals surface area contributed by atoms with E-state index in [9.17, 15) is 0 Å². The van der Waals surface area contributed by atoms with E-state index in [1.165, 1.54) is 0 Å². The third kappa shape index (κ3) is 3.77. The van der Waals surface area contributed by atoms with Crippen molar-refractivity contribution in [3.63, 3.8) is 0 Å². The van der Waals surface area contributed by atoms with E-state index in [0.717, 1.165) is 5.56 Å². The molecule has 0 bridgehead atoms. The Labute approximate surface area is 151 Å². The SMILES string of the molecule is CCOC1OC[C@H]([C@H]2O[C@@H]3OC(C)(C)O[C@@H]3[C@H]2OCc2ccsc2)O1. The molecule has 0 aromatic carbocycles. The molecule has 0 aliphatic carbocycles. The number of fused-ring (bicyclic) bond motifs is 1. The second kappa shape index (κ2) is 7.21. The standard InChI is InChI=1S/C17H24O7S/c1-4-18-16-20-8-11(21-16)12-13(19-7-10-5-6-25-9-10)14-15(22-12)24-17(2,3)23-14/h5-6,9,11-16H,4,7-8H2,1-3H3/t11-,12-,13+,14-,15-,16?/m1/s1. The fourth-order valence-electron chi connectivity index (χ4n) is 3.35. The van der Waals surface area contributed by atoms with Crippen LogP contribution in [0.4, 0.5) is 0 Å². The van der Waals surface area contributed by atoms with E-state index >= 15 is 0 Å². The molecule has 3 fully saturated rings. The van der Waals surface area contributed by atoms with Crippen molar-refractivity contribution < 1.29 is 33.2 Å². The molecule has 0 N–H and O–H groups in total. The minimum Gasteiger partial charge on any atom is -0.368 e. The Balaban J connectivity index is 1.45. The third-order valence-corrected chi connectivity index (χ3v) is 5.13. The Hall–Kier alpha value is -0.580. The van der Waals surface area contributed by atoms with Gasteiger partial charge in [0, 0.05) is 6.61 Å². The molecule has 0 radical (unpaired) electrons. The number of hydrogen-bond donors (Lipinski definition) is 0. The fourth-order valence-corrected chi connectivity index (χ4v) is 4.00. The number of rotatable bonds is 6. The summed E-state index contributed by atoms with van der Waals surface area (Å²) < 4.78 is 40.8. The quantitative estimate of drug-likeness (QED) is 0.759. The van der Waals surface area contributed by atoms with Crippen molar-refractivity contribution >= 4 is 11.3 Å². The lowest BCUT2D eigenvalue weighted by atomic mass is 10.1. The molecular formula is C17H24O7S. The predicted molar refractivity (Wildman–Crippen MR) is 87.8 cm³/mol. The highest BCUT2D eigenvalue weighted by Gasteiger charge is 2.58. The summed E-state index contributed by atoms with van der Waals surface area (Å²) in [6.45, 7) is 6.38. The molecular weight excluding hydrogens is 348 g/mol. The lowest BCUT2D eigenvalue weighted by Crippen LogP contribution is -2.43. The molecule has 3 aliphatic heterocycles. The molecule has 0 saturated carbocycles. The van der Waals surface area contributed by atoms with Gasteiger partial charge in [-0.3, -0.25) is 0 Å². The molecule has 1 unspecified atom stereocenters. The van der Waals surface area contributed by atoms with Crippen LogP contribution in [0.25, 0.3) is 0 Å². The molecule has 7 nitrogen and oxygen atoms in total. The van der Waals surface area contributed by atoms with Crippen LogP contribution in [0.3, 0.4) is 0 Å². The van der Waals surface area contributed by atoms with Gasteiger partial charge < -0.3 is 33.2 Å². The van der Waals surface area contributed by atoms with Gasteiger partial charge in [0.25, 0.3) is 6.48 Å². The highest BCUT2D eigenvalue weighted by Crippen LogP contribution is 2.41. The Morgan fingerprint density at radius 1 is 1.20 bits per heavy atom. The summed E-state index contributed by atoms with van der Waals surface area (Å²) in [6, 6.07) is 2.04. The van der Waals surface area contributed by atoms with Gasteiger partial charge in [0.15, 0.2) is 12.1 Å². The minimum atomic E-state index is -0.689. The summed E-state index contributed by atoms with van der Waals surface area (Å²) in [5.41, 5.74) is 1.13. The first-order valence-electron chi connectivity index (χ1n) is 8.58. The summed E-state index contributed by atoms with van der Waals surface area (Å²) >= 11 is 1.64. The number of ether oxygens (including phenoxy) is 7. The van der Waals surface area contributed by atoms with E-state index in [2.05, 4.69) is 5.38 Å². The second-order valence-corrected chi connectivity index (χ2v) is 7.51. The van der Waals surface area contributed by atoms with E-state index in [-0.39, 0.29) is 24.4 Å². The fraction of sp³-hybridized carbons (Fsp3) is 0.765. The van der Waals surface area contributed by atoms with Crippen molar-refractivity contribution in [2.45, 2.75) is 70.3 Å². The van der Waals surface area contributed by atoms with Crippen molar-refractivity contribution in [2.75, 3.05) is 13.2 Å². The van der Waals surface area contributed by atoms with Crippen molar-refractivity contribution in [3.8, 4) is 0 Å². The maximum Gasteiger partial charge on any atom is 0.272 e. The van der Waals surface area contributed by atoms with Crippen molar-refractivity contribution in [1.29, 1.82) is 0 Å². The molecule has 0 spiro atoms. The van der Waals surface area contributed by atoms with E-state index < -0.39 is 18.6 Å². The first kappa shape index (κ1) is 17.8. The van der Waals surface area contributed by atoms with Crippen LogP contribution in [0.15, 0.2) is 16.8 Å². The van der Waals surface area contributed by atoms with Crippen LogP contribution in [0.5, 0.6) is 0 Å². The maximum absolute atomic E-state index is 6.18. The normalized spacial score (nSPS) is 39.8. The molecule has 3 saturated heterocycles. The molecule has 1 aromatic heterocycles. The maximum atomic E-state index is 6.18. The van der Waals surface area contributed by atoms with Gasteiger partial charge in [-0.05, 0) is 43.2 Å². The molecule has 6 atom stereocenters. The van der Waals surface area contributed by atoms with Crippen LogP contribution in [0, 0.1) is 0 Å². The number of thiophene rings is 1. The van der Waals surface area contributed by atoms with Crippen LogP contribution in [0.1, 0.15) is 26.3 Å². The van der Waals surface area contributed by atoms with Gasteiger partial charge in [-0.25, -0.2) is 0 Å².